The van der Waals surface area contributed by atoms with E-state index in [2.05, 4.69) is 4.98 Å². The van der Waals surface area contributed by atoms with Gasteiger partial charge in [-0.2, -0.15) is 0 Å². The summed E-state index contributed by atoms with van der Waals surface area (Å²) in [5, 5.41) is 23.2. The molecule has 0 saturated carbocycles. The molecule has 38 heavy (non-hydrogen) atoms. The van der Waals surface area contributed by atoms with Crippen LogP contribution in [0.5, 0.6) is 5.75 Å². The first-order valence-electron chi connectivity index (χ1n) is 11.6. The Bertz CT molecular complexity index is 1600. The van der Waals surface area contributed by atoms with Gasteiger partial charge in [0.15, 0.2) is 5.13 Å². The summed E-state index contributed by atoms with van der Waals surface area (Å²) in [6, 6.07) is 16.0. The van der Waals surface area contributed by atoms with E-state index in [-0.39, 0.29) is 22.2 Å². The van der Waals surface area contributed by atoms with Gasteiger partial charge in [-0.1, -0.05) is 29.9 Å². The first-order valence-corrected chi connectivity index (χ1v) is 12.8. The van der Waals surface area contributed by atoms with Crippen LogP contribution in [0.2, 0.25) is 5.02 Å². The summed E-state index contributed by atoms with van der Waals surface area (Å²) >= 11 is 7.28. The van der Waals surface area contributed by atoms with E-state index in [1.807, 2.05) is 6.92 Å². The van der Waals surface area contributed by atoms with Gasteiger partial charge in [-0.05, 0) is 66.6 Å². The predicted octanol–water partition coefficient (Wildman–Crippen LogP) is 6.27. The van der Waals surface area contributed by atoms with Gasteiger partial charge in [0.1, 0.15) is 11.5 Å². The van der Waals surface area contributed by atoms with Crippen LogP contribution >= 0.6 is 22.9 Å². The maximum atomic E-state index is 13.4. The summed E-state index contributed by atoms with van der Waals surface area (Å²) in [6.45, 7) is 2.52. The highest BCUT2D eigenvalue weighted by atomic mass is 35.5. The number of hydrogen-bond donors (Lipinski definition) is 1. The lowest BCUT2D eigenvalue weighted by Gasteiger charge is -2.22. The molecule has 3 aromatic carbocycles. The SMILES string of the molecule is CCCOc1ccc(/C(O)=C2\C(=O)C(=O)N(c3nc4ccc(Cl)cc4s3)C2c2ccc([N+](=O)[O-])cc2)cc1. The Hall–Kier alpha value is -4.28. The van der Waals surface area contributed by atoms with Crippen LogP contribution in [0.1, 0.15) is 30.5 Å². The van der Waals surface area contributed by atoms with Gasteiger partial charge >= 0.3 is 5.91 Å². The standard InChI is InChI=1S/C27H20ClN3O6S/c1-2-13-37-19-10-5-16(6-11-19)24(32)22-23(15-3-8-18(9-4-15)31(35)36)30(26(34)25(22)33)27-29-20-12-7-17(28)14-21(20)38-27/h3-12,14,23,32H,2,13H2,1H3/b24-22+. The monoisotopic (exact) mass is 549 g/mol. The molecule has 5 rings (SSSR count). The number of nitrogens with zero attached hydrogens (tertiary/aromatic N) is 3. The molecule has 192 valence electrons. The summed E-state index contributed by atoms with van der Waals surface area (Å²) in [4.78, 5) is 43.1. The van der Waals surface area contributed by atoms with Gasteiger partial charge in [-0.25, -0.2) is 4.98 Å². The largest absolute Gasteiger partial charge is 0.507 e. The molecule has 1 aliphatic heterocycles. The highest BCUT2D eigenvalue weighted by molar-refractivity contribution is 7.22. The molecule has 0 radical (unpaired) electrons. The lowest BCUT2D eigenvalue weighted by atomic mass is 9.95. The van der Waals surface area contributed by atoms with E-state index in [0.29, 0.717) is 38.7 Å². The second-order valence-electron chi connectivity index (χ2n) is 8.50. The third-order valence-electron chi connectivity index (χ3n) is 6.01. The van der Waals surface area contributed by atoms with Gasteiger partial charge in [-0.3, -0.25) is 24.6 Å². The quantitative estimate of drug-likeness (QED) is 0.0946. The highest BCUT2D eigenvalue weighted by Gasteiger charge is 2.48. The Morgan fingerprint density at radius 2 is 1.84 bits per heavy atom. The van der Waals surface area contributed by atoms with Crippen molar-refractivity contribution in [3.63, 3.8) is 0 Å². The van der Waals surface area contributed by atoms with Crippen molar-refractivity contribution in [3.05, 3.63) is 98.6 Å². The second-order valence-corrected chi connectivity index (χ2v) is 9.94. The van der Waals surface area contributed by atoms with E-state index >= 15 is 0 Å². The van der Waals surface area contributed by atoms with Crippen molar-refractivity contribution in [3.8, 4) is 5.75 Å². The number of aliphatic hydroxyl groups excluding tert-OH is 1. The normalized spacial score (nSPS) is 16.8. The lowest BCUT2D eigenvalue weighted by molar-refractivity contribution is -0.384. The predicted molar refractivity (Wildman–Crippen MR) is 145 cm³/mol. The van der Waals surface area contributed by atoms with Crippen LogP contribution in [-0.4, -0.2) is 33.3 Å². The molecular weight excluding hydrogens is 530 g/mol. The fourth-order valence-corrected chi connectivity index (χ4v) is 5.47. The van der Waals surface area contributed by atoms with Crippen molar-refractivity contribution in [1.82, 2.24) is 4.98 Å². The smallest absolute Gasteiger partial charge is 0.301 e. The minimum Gasteiger partial charge on any atom is -0.507 e. The fourth-order valence-electron chi connectivity index (χ4n) is 4.20. The Balaban J connectivity index is 1.65. The van der Waals surface area contributed by atoms with Gasteiger partial charge in [0.05, 0.1) is 33.4 Å². The molecular formula is C27H20ClN3O6S. The zero-order valence-electron chi connectivity index (χ0n) is 20.0. The molecule has 1 aliphatic rings. The number of rotatable bonds is 7. The zero-order valence-corrected chi connectivity index (χ0v) is 21.5. The van der Waals surface area contributed by atoms with E-state index < -0.39 is 22.7 Å². The molecule has 1 saturated heterocycles. The molecule has 0 aliphatic carbocycles. The van der Waals surface area contributed by atoms with Crippen molar-refractivity contribution in [1.29, 1.82) is 0 Å². The topological polar surface area (TPSA) is 123 Å². The number of nitro benzene ring substituents is 1. The number of carbonyl (C=O) groups is 2. The summed E-state index contributed by atoms with van der Waals surface area (Å²) in [7, 11) is 0. The van der Waals surface area contributed by atoms with Crippen molar-refractivity contribution >= 4 is 61.4 Å². The molecule has 1 aromatic heterocycles. The molecule has 11 heteroatoms. The Morgan fingerprint density at radius 1 is 1.13 bits per heavy atom. The van der Waals surface area contributed by atoms with Crippen molar-refractivity contribution in [2.24, 2.45) is 0 Å². The van der Waals surface area contributed by atoms with Crippen LogP contribution in [0, 0.1) is 10.1 Å². The van der Waals surface area contributed by atoms with Gasteiger partial charge in [-0.15, -0.1) is 0 Å². The van der Waals surface area contributed by atoms with E-state index in [1.54, 1.807) is 42.5 Å². The molecule has 0 bridgehead atoms. The highest BCUT2D eigenvalue weighted by Crippen LogP contribution is 2.44. The maximum Gasteiger partial charge on any atom is 0.301 e. The first kappa shape index (κ1) is 25.4. The number of aliphatic hydroxyl groups is 1. The number of anilines is 1. The Labute approximate surface area is 225 Å². The first-order chi connectivity index (χ1) is 18.3. The lowest BCUT2D eigenvalue weighted by Crippen LogP contribution is -2.29. The Kier molecular flexibility index (Phi) is 6.83. The maximum absolute atomic E-state index is 13.4. The third-order valence-corrected chi connectivity index (χ3v) is 7.26. The summed E-state index contributed by atoms with van der Waals surface area (Å²) in [5.74, 6) is -1.54. The molecule has 1 N–H and O–H groups in total. The molecule has 1 atom stereocenters. The molecule has 1 unspecified atom stereocenters. The van der Waals surface area contributed by atoms with Crippen LogP contribution in [0.4, 0.5) is 10.8 Å². The van der Waals surface area contributed by atoms with Gasteiger partial charge < -0.3 is 9.84 Å². The summed E-state index contributed by atoms with van der Waals surface area (Å²) in [5.41, 5.74) is 0.999. The van der Waals surface area contributed by atoms with Crippen LogP contribution < -0.4 is 9.64 Å². The van der Waals surface area contributed by atoms with Crippen molar-refractivity contribution in [2.75, 3.05) is 11.5 Å². The number of non-ortho nitro benzene ring substituents is 1. The number of hydrogen-bond acceptors (Lipinski definition) is 8. The number of carbonyl (C=O) groups excluding carboxylic acids is 2. The number of ether oxygens (including phenoxy) is 1. The van der Waals surface area contributed by atoms with E-state index in [4.69, 9.17) is 16.3 Å². The average molecular weight is 550 g/mol. The molecule has 4 aromatic rings. The molecule has 1 amide bonds. The van der Waals surface area contributed by atoms with Gasteiger partial charge in [0.25, 0.3) is 11.5 Å². The fraction of sp³-hybridized carbons (Fsp3) is 0.148. The van der Waals surface area contributed by atoms with E-state index in [0.717, 1.165) is 6.42 Å². The van der Waals surface area contributed by atoms with Crippen LogP contribution in [0.15, 0.2) is 72.3 Å². The Morgan fingerprint density at radius 3 is 2.50 bits per heavy atom. The number of fused-ring (bicyclic) bond motifs is 1. The minimum absolute atomic E-state index is 0.150. The second kappa shape index (κ2) is 10.2. The average Bonchev–Trinajstić information content (AvgIpc) is 3.44. The molecule has 2 heterocycles. The number of ketones is 1. The zero-order chi connectivity index (χ0) is 27.0. The summed E-state index contributed by atoms with van der Waals surface area (Å²) in [6.07, 6.45) is 0.832. The number of halogens is 1. The number of amides is 1. The molecule has 9 nitrogen and oxygen atoms in total. The van der Waals surface area contributed by atoms with E-state index in [9.17, 15) is 24.8 Å². The number of nitro groups is 1. The van der Waals surface area contributed by atoms with Crippen molar-refractivity contribution < 1.29 is 24.4 Å². The number of Topliss-reactive ketones (excluding diaryl/α,β-unsaturated/α-hetero) is 1. The molecule has 1 fully saturated rings. The van der Waals surface area contributed by atoms with E-state index in [1.165, 1.54) is 40.5 Å². The number of thiazole rings is 1. The van der Waals surface area contributed by atoms with Gasteiger partial charge in [0.2, 0.25) is 0 Å². The van der Waals surface area contributed by atoms with Crippen LogP contribution in [0.25, 0.3) is 16.0 Å². The minimum atomic E-state index is -1.07. The number of aromatic nitrogens is 1. The van der Waals surface area contributed by atoms with Crippen LogP contribution in [-0.2, 0) is 9.59 Å². The number of benzene rings is 3. The van der Waals surface area contributed by atoms with Gasteiger partial charge in [0, 0.05) is 22.7 Å². The molecule has 0 spiro atoms. The van der Waals surface area contributed by atoms with Crippen LogP contribution in [0.3, 0.4) is 0 Å². The van der Waals surface area contributed by atoms with Crippen molar-refractivity contribution in [2.45, 2.75) is 19.4 Å². The summed E-state index contributed by atoms with van der Waals surface area (Å²) < 4.78 is 6.30. The third kappa shape index (κ3) is 4.59.